The van der Waals surface area contributed by atoms with Gasteiger partial charge in [-0.1, -0.05) is 266 Å². The Hall–Kier alpha value is -10.1. The number of hydrogen-bond acceptors (Lipinski definition) is 2. The quantitative estimate of drug-likeness (QED) is 0.0529. The summed E-state index contributed by atoms with van der Waals surface area (Å²) in [5.74, 6) is 0.709. The molecule has 0 saturated heterocycles. The van der Waals surface area contributed by atoms with Crippen molar-refractivity contribution >= 4 is 61.7 Å². The van der Waals surface area contributed by atoms with Gasteiger partial charge in [0.25, 0.3) is 6.33 Å². The van der Waals surface area contributed by atoms with E-state index in [2.05, 4.69) is 27.1 Å². The largest absolute Gasteiger partial charge is 0.458 e. The Morgan fingerprint density at radius 1 is 0.483 bits per heavy atom. The molecule has 0 N–H and O–H groups in total. The molecular weight excluding hydrogens is 1070 g/mol. The third-order valence-electron chi connectivity index (χ3n) is 15.9. The van der Waals surface area contributed by atoms with Crippen LogP contribution in [0.3, 0.4) is 0 Å². The standard InChI is InChI=1S/C81H68N4OSi/c1-56-49-78(82-54-72(56)58-25-12-8-13-26-58)85-73-39-21-20-37-70(73)71-47-46-65(53-75(71)85)86-64-30-23-29-63(52-64)83-55-84(74-48-43-59(51-76(74)83)57-41-44-61(45-42-57)80(2,3)4)79-69(60-27-22-28-62(50-60)81(5,6)7)38-24-40-77(79)87(66-31-14-9-15-32-66,67-33-16-10-17-34-67)68-35-18-11-19-36-68/h8-54H,1-7H3/i1D3,8D,9D,10D,11D,12D,13D,14D,15D,16D,17D,18D,19D,25D,26D,31D,32D,33D,34D,35D,36D. The van der Waals surface area contributed by atoms with Crippen LogP contribution in [0.5, 0.6) is 11.5 Å². The van der Waals surface area contributed by atoms with Crippen LogP contribution in [-0.2, 0) is 10.8 Å². The molecule has 0 aliphatic carbocycles. The topological polar surface area (TPSA) is 35.9 Å². The van der Waals surface area contributed by atoms with Crippen molar-refractivity contribution in [1.29, 1.82) is 0 Å². The molecule has 0 aliphatic heterocycles. The Labute approximate surface area is 544 Å². The molecule has 422 valence electrons. The van der Waals surface area contributed by atoms with Crippen molar-refractivity contribution in [2.75, 3.05) is 0 Å². The average molecular weight is 1160 g/mol. The summed E-state index contributed by atoms with van der Waals surface area (Å²) in [6.07, 6.45) is 4.85. The van der Waals surface area contributed by atoms with E-state index in [1.165, 1.54) is 18.3 Å². The Morgan fingerprint density at radius 2 is 1.10 bits per heavy atom. The maximum Gasteiger partial charge on any atom is 0.269 e. The zero-order valence-electron chi connectivity index (χ0n) is 71.3. The van der Waals surface area contributed by atoms with Crippen molar-refractivity contribution < 1.29 is 40.8 Å². The summed E-state index contributed by atoms with van der Waals surface area (Å²) in [6, 6.07) is 30.5. The highest BCUT2D eigenvalue weighted by atomic mass is 28.3. The molecule has 0 unspecified atom stereocenters. The number of rotatable bonds is 12. The predicted molar refractivity (Wildman–Crippen MR) is 364 cm³/mol. The van der Waals surface area contributed by atoms with Gasteiger partial charge >= 0.3 is 0 Å². The SMILES string of the molecule is [2H]c1c([2H])c([2H])c(-c2cnc(-n3c4ccccc4c4ccc(Oc5cccc(-n6[c-][n+](-c7c(-c8cccc(C(C)(C)C)c8)cccc7[Si](c7c([2H])c([2H])c([2H])c([2H])c7[2H])(c7c([2H])c([2H])c([2H])c([2H])c7[2H])c7c([2H])c([2H])c([2H])c([2H])c7[2H])c7ccc(-c8ccc(C(C)(C)C)cc8)cc76)c5)cc43)cc2C([2H])([2H])[2H])c([2H])c1[2H]. The van der Waals surface area contributed by atoms with Crippen LogP contribution >= 0.6 is 0 Å². The summed E-state index contributed by atoms with van der Waals surface area (Å²) < 4.78 is 225. The summed E-state index contributed by atoms with van der Waals surface area (Å²) in [7, 11) is -5.88. The van der Waals surface area contributed by atoms with Crippen LogP contribution in [0, 0.1) is 13.2 Å². The molecule has 6 heteroatoms. The van der Waals surface area contributed by atoms with Gasteiger partial charge in [0.2, 0.25) is 0 Å². The zero-order chi connectivity index (χ0) is 79.3. The number of aromatic nitrogens is 4. The number of fused-ring (bicyclic) bond motifs is 4. The minimum atomic E-state index is -5.88. The molecule has 11 aromatic carbocycles. The first-order valence-electron chi connectivity index (χ1n) is 39.8. The first kappa shape index (κ1) is 34.7. The maximum atomic E-state index is 10.1. The minimum Gasteiger partial charge on any atom is -0.458 e. The van der Waals surface area contributed by atoms with Gasteiger partial charge in [-0.05, 0) is 131 Å². The van der Waals surface area contributed by atoms with Crippen LogP contribution in [0.15, 0.2) is 285 Å². The molecule has 0 radical (unpaired) electrons. The average Bonchev–Trinajstić information content (AvgIpc) is 0.720. The highest BCUT2D eigenvalue weighted by Gasteiger charge is 2.44. The molecular formula is C81H68N4OSi. The van der Waals surface area contributed by atoms with Crippen molar-refractivity contribution in [2.24, 2.45) is 0 Å². The first-order chi connectivity index (χ1) is 51.8. The molecule has 0 aliphatic rings. The number of benzene rings is 11. The molecule has 0 saturated carbocycles. The van der Waals surface area contributed by atoms with Crippen LogP contribution < -0.4 is 30.1 Å². The second-order valence-electron chi connectivity index (χ2n) is 23.3. The Balaban J connectivity index is 1.07. The number of hydrogen-bond donors (Lipinski definition) is 0. The lowest BCUT2D eigenvalue weighted by Crippen LogP contribution is -2.76. The molecule has 87 heavy (non-hydrogen) atoms. The molecule has 0 amide bonds. The van der Waals surface area contributed by atoms with Crippen LogP contribution in [-0.4, -0.2) is 22.2 Å². The summed E-state index contributed by atoms with van der Waals surface area (Å²) in [5, 5.41) is -0.656. The lowest BCUT2D eigenvalue weighted by molar-refractivity contribution is -0.570. The van der Waals surface area contributed by atoms with E-state index in [4.69, 9.17) is 24.8 Å². The first-order valence-corrected chi connectivity index (χ1v) is 30.3. The summed E-state index contributed by atoms with van der Waals surface area (Å²) in [5.41, 5.74) is 5.25. The van der Waals surface area contributed by atoms with E-state index in [-0.39, 0.29) is 44.5 Å². The van der Waals surface area contributed by atoms with Crippen LogP contribution in [0.25, 0.3) is 83.4 Å². The van der Waals surface area contributed by atoms with Crippen molar-refractivity contribution in [3.05, 3.63) is 308 Å². The number of imidazole rings is 1. The zero-order valence-corrected chi connectivity index (χ0v) is 49.3. The number of pyridine rings is 1. The predicted octanol–water partition coefficient (Wildman–Crippen LogP) is 17.3. The van der Waals surface area contributed by atoms with Gasteiger partial charge in [-0.2, -0.15) is 0 Å². The van der Waals surface area contributed by atoms with Gasteiger partial charge in [-0.15, -0.1) is 0 Å². The number of ether oxygens (including phenoxy) is 1. The minimum absolute atomic E-state index is 0.0574. The third-order valence-corrected chi connectivity index (χ3v) is 20.1. The van der Waals surface area contributed by atoms with Gasteiger partial charge < -0.3 is 4.74 Å². The Kier molecular flexibility index (Phi) is 8.80. The second-order valence-corrected chi connectivity index (χ2v) is 26.8. The fourth-order valence-corrected chi connectivity index (χ4v) is 15.6. The Morgan fingerprint density at radius 3 is 1.78 bits per heavy atom. The normalized spacial score (nSPS) is 16.0. The summed E-state index contributed by atoms with van der Waals surface area (Å²) in [6.45, 7) is 9.52. The third kappa shape index (κ3) is 9.96. The van der Waals surface area contributed by atoms with E-state index in [0.717, 1.165) is 33.0 Å². The van der Waals surface area contributed by atoms with Crippen molar-refractivity contribution in [2.45, 2.75) is 59.2 Å². The van der Waals surface area contributed by atoms with Crippen LogP contribution in [0.1, 0.15) is 89.8 Å². The van der Waals surface area contributed by atoms with Crippen LogP contribution in [0.4, 0.5) is 0 Å². The molecule has 3 heterocycles. The van der Waals surface area contributed by atoms with Gasteiger partial charge in [0.15, 0.2) is 8.07 Å². The van der Waals surface area contributed by atoms with Crippen molar-refractivity contribution in [3.8, 4) is 62.1 Å². The van der Waals surface area contributed by atoms with E-state index >= 15 is 0 Å². The fourth-order valence-electron chi connectivity index (χ4n) is 11.6. The maximum absolute atomic E-state index is 10.1. The molecule has 0 atom stereocenters. The molecule has 0 fully saturated rings. The van der Waals surface area contributed by atoms with Gasteiger partial charge in [-0.3, -0.25) is 13.7 Å². The van der Waals surface area contributed by atoms with E-state index in [1.54, 1.807) is 62.2 Å². The summed E-state index contributed by atoms with van der Waals surface area (Å²) in [4.78, 5) is 4.75. The van der Waals surface area contributed by atoms with Crippen LogP contribution in [0.2, 0.25) is 0 Å². The number of nitrogens with zero attached hydrogens (tertiary/aromatic N) is 4. The highest BCUT2D eigenvalue weighted by molar-refractivity contribution is 7.20. The van der Waals surface area contributed by atoms with Gasteiger partial charge in [-0.25, -0.2) is 4.98 Å². The molecule has 0 bridgehead atoms. The molecule has 5 nitrogen and oxygen atoms in total. The number of para-hydroxylation sites is 2. The van der Waals surface area contributed by atoms with E-state index in [1.807, 2.05) is 118 Å². The smallest absolute Gasteiger partial charge is 0.269 e. The van der Waals surface area contributed by atoms with Crippen molar-refractivity contribution in [3.63, 3.8) is 0 Å². The molecule has 14 rings (SSSR count). The molecule has 0 spiro atoms. The highest BCUT2D eigenvalue weighted by Crippen LogP contribution is 2.38. The monoisotopic (exact) mass is 1160 g/mol. The van der Waals surface area contributed by atoms with Gasteiger partial charge in [0.05, 0.1) is 60.9 Å². The molecule has 14 aromatic rings. The Bertz CT molecular complexity index is 5950. The molecule has 3 aromatic heterocycles. The second kappa shape index (κ2) is 22.0. The van der Waals surface area contributed by atoms with E-state index < -0.39 is 157 Å². The summed E-state index contributed by atoms with van der Waals surface area (Å²) >= 11 is 0. The van der Waals surface area contributed by atoms with E-state index in [9.17, 15) is 16.4 Å². The lowest BCUT2D eigenvalue weighted by Gasteiger charge is -2.37. The fraction of sp³-hybridized carbons (Fsp3) is 0.111. The van der Waals surface area contributed by atoms with Gasteiger partial charge in [0, 0.05) is 32.7 Å². The lowest BCUT2D eigenvalue weighted by atomic mass is 9.85. The number of aryl methyl sites for hydroxylation is 1. The van der Waals surface area contributed by atoms with Gasteiger partial charge in [0.1, 0.15) is 17.3 Å². The van der Waals surface area contributed by atoms with Crippen molar-refractivity contribution in [1.82, 2.24) is 14.1 Å². The van der Waals surface area contributed by atoms with E-state index in [0.29, 0.717) is 44.6 Å².